The van der Waals surface area contributed by atoms with Crippen molar-refractivity contribution < 1.29 is 14.3 Å². The fourth-order valence-corrected chi connectivity index (χ4v) is 3.60. The first-order valence-corrected chi connectivity index (χ1v) is 9.25. The molecule has 1 amide bonds. The average molecular weight is 388 g/mol. The Morgan fingerprint density at radius 3 is 2.52 bits per heavy atom. The zero-order valence-electron chi connectivity index (χ0n) is 15.2. The summed E-state index contributed by atoms with van der Waals surface area (Å²) < 4.78 is 5.03. The number of pyridine rings is 1. The highest BCUT2D eigenvalue weighted by Crippen LogP contribution is 2.29. The van der Waals surface area contributed by atoms with Gasteiger partial charge in [0.1, 0.15) is 6.04 Å². The summed E-state index contributed by atoms with van der Waals surface area (Å²) >= 11 is 6.33. The van der Waals surface area contributed by atoms with Crippen molar-refractivity contribution in [3.8, 4) is 0 Å². The number of rotatable bonds is 4. The van der Waals surface area contributed by atoms with E-state index in [0.29, 0.717) is 36.8 Å². The van der Waals surface area contributed by atoms with E-state index in [1.54, 1.807) is 30.6 Å². The molecule has 0 radical (unpaired) electrons. The van der Waals surface area contributed by atoms with Crippen molar-refractivity contribution in [2.45, 2.75) is 12.5 Å². The number of halogens is 1. The minimum Gasteiger partial charge on any atom is -0.468 e. The van der Waals surface area contributed by atoms with Crippen molar-refractivity contribution in [2.75, 3.05) is 33.3 Å². The Bertz CT molecular complexity index is 800. The molecule has 1 aliphatic rings. The maximum absolute atomic E-state index is 12.7. The second-order valence-electron chi connectivity index (χ2n) is 6.36. The van der Waals surface area contributed by atoms with Gasteiger partial charge in [0.05, 0.1) is 7.11 Å². The standard InChI is InChI=1S/C20H22ClN3O3/c1-27-20(26)18(16-5-2-3-6-17(16)21)23-11-4-12-24(14-13-23)19(25)15-7-9-22-10-8-15/h2-3,5-10,18H,4,11-14H2,1H3. The summed E-state index contributed by atoms with van der Waals surface area (Å²) in [6.45, 7) is 2.39. The summed E-state index contributed by atoms with van der Waals surface area (Å²) in [6.07, 6.45) is 3.98. The number of aromatic nitrogens is 1. The van der Waals surface area contributed by atoms with Gasteiger partial charge in [0.25, 0.3) is 5.91 Å². The zero-order valence-corrected chi connectivity index (χ0v) is 15.9. The van der Waals surface area contributed by atoms with Crippen LogP contribution in [0.1, 0.15) is 28.4 Å². The number of benzene rings is 1. The molecule has 0 spiro atoms. The van der Waals surface area contributed by atoms with Crippen LogP contribution in [0.25, 0.3) is 0 Å². The molecular formula is C20H22ClN3O3. The van der Waals surface area contributed by atoms with Crippen molar-refractivity contribution in [1.29, 1.82) is 0 Å². The maximum atomic E-state index is 12.7. The van der Waals surface area contributed by atoms with E-state index in [9.17, 15) is 9.59 Å². The van der Waals surface area contributed by atoms with Gasteiger partial charge in [-0.05, 0) is 30.2 Å². The maximum Gasteiger partial charge on any atom is 0.327 e. The van der Waals surface area contributed by atoms with E-state index in [1.807, 2.05) is 28.0 Å². The first-order chi connectivity index (χ1) is 13.1. The third kappa shape index (κ3) is 4.46. The summed E-state index contributed by atoms with van der Waals surface area (Å²) in [7, 11) is 1.38. The van der Waals surface area contributed by atoms with Crippen molar-refractivity contribution in [3.05, 3.63) is 64.9 Å². The predicted octanol–water partition coefficient (Wildman–Crippen LogP) is 2.80. The van der Waals surface area contributed by atoms with Crippen LogP contribution in [0.4, 0.5) is 0 Å². The molecule has 1 atom stereocenters. The number of ether oxygens (including phenoxy) is 1. The lowest BCUT2D eigenvalue weighted by Crippen LogP contribution is -2.39. The van der Waals surface area contributed by atoms with Crippen LogP contribution in [0.15, 0.2) is 48.8 Å². The van der Waals surface area contributed by atoms with Crippen LogP contribution in [0.2, 0.25) is 5.02 Å². The molecule has 6 nitrogen and oxygen atoms in total. The SMILES string of the molecule is COC(=O)C(c1ccccc1Cl)N1CCCN(C(=O)c2ccncc2)CC1. The normalized spacial score (nSPS) is 16.4. The Balaban J connectivity index is 1.78. The molecule has 1 aliphatic heterocycles. The van der Waals surface area contributed by atoms with Crippen LogP contribution in [-0.4, -0.2) is 59.9 Å². The lowest BCUT2D eigenvalue weighted by atomic mass is 10.0. The van der Waals surface area contributed by atoms with Crippen molar-refractivity contribution >= 4 is 23.5 Å². The molecule has 0 aliphatic carbocycles. The fourth-order valence-electron chi connectivity index (χ4n) is 3.36. The van der Waals surface area contributed by atoms with Gasteiger partial charge in [-0.15, -0.1) is 0 Å². The second kappa shape index (κ2) is 8.97. The molecule has 1 unspecified atom stereocenters. The van der Waals surface area contributed by atoms with Crippen LogP contribution in [0.3, 0.4) is 0 Å². The smallest absolute Gasteiger partial charge is 0.327 e. The molecule has 7 heteroatoms. The van der Waals surface area contributed by atoms with Crippen LogP contribution in [-0.2, 0) is 9.53 Å². The molecule has 2 aromatic rings. The molecule has 0 saturated carbocycles. The summed E-state index contributed by atoms with van der Waals surface area (Å²) in [5.74, 6) is -0.372. The third-order valence-electron chi connectivity index (χ3n) is 4.73. The van der Waals surface area contributed by atoms with Gasteiger partial charge in [-0.3, -0.25) is 14.7 Å². The molecule has 1 saturated heterocycles. The molecule has 1 aromatic heterocycles. The Hall–Kier alpha value is -2.44. The quantitative estimate of drug-likeness (QED) is 0.755. The molecule has 142 valence electrons. The van der Waals surface area contributed by atoms with E-state index in [4.69, 9.17) is 16.3 Å². The molecule has 2 heterocycles. The van der Waals surface area contributed by atoms with Gasteiger partial charge in [0, 0.05) is 49.2 Å². The number of nitrogens with zero attached hydrogens (tertiary/aromatic N) is 3. The zero-order chi connectivity index (χ0) is 19.2. The van der Waals surface area contributed by atoms with Crippen LogP contribution < -0.4 is 0 Å². The summed E-state index contributed by atoms with van der Waals surface area (Å²) in [4.78, 5) is 33.0. The highest BCUT2D eigenvalue weighted by Gasteiger charge is 2.32. The lowest BCUT2D eigenvalue weighted by molar-refractivity contribution is -0.147. The van der Waals surface area contributed by atoms with E-state index in [-0.39, 0.29) is 11.9 Å². The van der Waals surface area contributed by atoms with Crippen molar-refractivity contribution in [1.82, 2.24) is 14.8 Å². The molecule has 0 bridgehead atoms. The van der Waals surface area contributed by atoms with E-state index in [2.05, 4.69) is 4.98 Å². The highest BCUT2D eigenvalue weighted by atomic mass is 35.5. The Morgan fingerprint density at radius 1 is 1.07 bits per heavy atom. The van der Waals surface area contributed by atoms with E-state index < -0.39 is 6.04 Å². The minimum atomic E-state index is -0.584. The molecule has 1 fully saturated rings. The van der Waals surface area contributed by atoms with Crippen molar-refractivity contribution in [2.24, 2.45) is 0 Å². The van der Waals surface area contributed by atoms with Crippen LogP contribution >= 0.6 is 11.6 Å². The number of hydrogen-bond donors (Lipinski definition) is 0. The number of hydrogen-bond acceptors (Lipinski definition) is 5. The number of carbonyl (C=O) groups excluding carboxylic acids is 2. The third-order valence-corrected chi connectivity index (χ3v) is 5.08. The fraction of sp³-hybridized carbons (Fsp3) is 0.350. The van der Waals surface area contributed by atoms with Crippen molar-refractivity contribution in [3.63, 3.8) is 0 Å². The second-order valence-corrected chi connectivity index (χ2v) is 6.77. The Morgan fingerprint density at radius 2 is 1.81 bits per heavy atom. The first-order valence-electron chi connectivity index (χ1n) is 8.87. The van der Waals surface area contributed by atoms with Crippen LogP contribution in [0, 0.1) is 0 Å². The molecule has 27 heavy (non-hydrogen) atoms. The molecular weight excluding hydrogens is 366 g/mol. The minimum absolute atomic E-state index is 0.0217. The van der Waals surface area contributed by atoms with Gasteiger partial charge in [0.2, 0.25) is 0 Å². The lowest BCUT2D eigenvalue weighted by Gasteiger charge is -2.29. The van der Waals surface area contributed by atoms with Gasteiger partial charge >= 0.3 is 5.97 Å². The number of esters is 1. The van der Waals surface area contributed by atoms with Gasteiger partial charge in [-0.25, -0.2) is 4.79 Å². The van der Waals surface area contributed by atoms with E-state index in [0.717, 1.165) is 12.0 Å². The van der Waals surface area contributed by atoms with E-state index in [1.165, 1.54) is 7.11 Å². The van der Waals surface area contributed by atoms with Gasteiger partial charge < -0.3 is 9.64 Å². The monoisotopic (exact) mass is 387 g/mol. The van der Waals surface area contributed by atoms with Crippen LogP contribution in [0.5, 0.6) is 0 Å². The average Bonchev–Trinajstić information content (AvgIpc) is 2.96. The number of amides is 1. The summed E-state index contributed by atoms with van der Waals surface area (Å²) in [5, 5.41) is 0.530. The van der Waals surface area contributed by atoms with Gasteiger partial charge in [0.15, 0.2) is 0 Å². The molecule has 1 aromatic carbocycles. The highest BCUT2D eigenvalue weighted by molar-refractivity contribution is 6.31. The van der Waals surface area contributed by atoms with E-state index >= 15 is 0 Å². The topological polar surface area (TPSA) is 62.7 Å². The Labute approximate surface area is 163 Å². The number of methoxy groups -OCH3 is 1. The molecule has 3 rings (SSSR count). The number of carbonyl (C=O) groups is 2. The summed E-state index contributed by atoms with van der Waals surface area (Å²) in [5.41, 5.74) is 1.34. The van der Waals surface area contributed by atoms with Gasteiger partial charge in [-0.2, -0.15) is 0 Å². The Kier molecular flexibility index (Phi) is 6.42. The summed E-state index contributed by atoms with van der Waals surface area (Å²) in [6, 6.07) is 10.1. The first kappa shape index (κ1) is 19.3. The largest absolute Gasteiger partial charge is 0.468 e. The predicted molar refractivity (Wildman–Crippen MR) is 103 cm³/mol. The molecule has 0 N–H and O–H groups in total. The van der Waals surface area contributed by atoms with Gasteiger partial charge in [-0.1, -0.05) is 29.8 Å².